The van der Waals surface area contributed by atoms with Crippen LogP contribution in [0.1, 0.15) is 41.5 Å². The van der Waals surface area contributed by atoms with E-state index in [1.54, 1.807) is 41.5 Å². The lowest BCUT2D eigenvalue weighted by Gasteiger charge is -2.23. The van der Waals surface area contributed by atoms with Gasteiger partial charge in [0.1, 0.15) is 17.0 Å². The Morgan fingerprint density at radius 2 is 1.78 bits per heavy atom. The van der Waals surface area contributed by atoms with Crippen molar-refractivity contribution in [3.05, 3.63) is 11.6 Å². The summed E-state index contributed by atoms with van der Waals surface area (Å²) in [6.45, 7) is 9.98. The highest BCUT2D eigenvalue weighted by Crippen LogP contribution is 2.32. The Morgan fingerprint density at radius 3 is 2.11 bits per heavy atom. The molecular weight excluding hydrogens is 233 g/mol. The second-order valence-electron chi connectivity index (χ2n) is 6.02. The number of cyclic esters (lactones) is 1. The molecule has 0 bridgehead atoms. The van der Waals surface area contributed by atoms with Gasteiger partial charge in [-0.05, 0) is 33.8 Å². The van der Waals surface area contributed by atoms with Crippen molar-refractivity contribution < 1.29 is 19.1 Å². The number of hydrogen-bond donors (Lipinski definition) is 0. The van der Waals surface area contributed by atoms with E-state index in [9.17, 15) is 14.4 Å². The van der Waals surface area contributed by atoms with Crippen molar-refractivity contribution in [2.24, 2.45) is 11.3 Å². The van der Waals surface area contributed by atoms with E-state index >= 15 is 0 Å². The summed E-state index contributed by atoms with van der Waals surface area (Å²) < 4.78 is 5.05. The molecule has 0 N–H and O–H groups in total. The molecule has 0 saturated carbocycles. The minimum atomic E-state index is -1.20. The smallest absolute Gasteiger partial charge is 0.342 e. The van der Waals surface area contributed by atoms with Crippen LogP contribution in [0, 0.1) is 11.3 Å². The molecule has 0 aromatic rings. The molecule has 1 aliphatic rings. The summed E-state index contributed by atoms with van der Waals surface area (Å²) >= 11 is 0. The van der Waals surface area contributed by atoms with E-state index in [1.165, 1.54) is 6.08 Å². The second kappa shape index (κ2) is 4.34. The zero-order valence-corrected chi connectivity index (χ0v) is 11.8. The van der Waals surface area contributed by atoms with Crippen LogP contribution in [-0.4, -0.2) is 23.1 Å². The Morgan fingerprint density at radius 1 is 1.28 bits per heavy atom. The van der Waals surface area contributed by atoms with E-state index in [0.717, 1.165) is 0 Å². The first-order chi connectivity index (χ1) is 7.99. The average Bonchev–Trinajstić information content (AvgIpc) is 2.49. The first-order valence-corrected chi connectivity index (χ1v) is 6.04. The third kappa shape index (κ3) is 2.52. The molecule has 0 spiro atoms. The first-order valence-electron chi connectivity index (χ1n) is 6.04. The van der Waals surface area contributed by atoms with Crippen LogP contribution in [0.5, 0.6) is 0 Å². The fraction of sp³-hybridized carbons (Fsp3) is 0.643. The lowest BCUT2D eigenvalue weighted by Crippen LogP contribution is -2.38. The predicted octanol–water partition coefficient (Wildman–Crippen LogP) is 2.07. The van der Waals surface area contributed by atoms with Crippen LogP contribution in [0.4, 0.5) is 0 Å². The molecule has 0 amide bonds. The van der Waals surface area contributed by atoms with Crippen molar-refractivity contribution >= 4 is 17.5 Å². The van der Waals surface area contributed by atoms with Crippen LogP contribution in [0.3, 0.4) is 0 Å². The third-order valence-corrected chi connectivity index (χ3v) is 3.02. The standard InChI is InChI=1S/C14H20O4/c1-8(2)10(15)14(5,6)11(16)9-7-13(3,4)18-12(9)17/h7-8H,1-6H3/i11+1. The molecule has 0 aliphatic carbocycles. The van der Waals surface area contributed by atoms with Crippen molar-refractivity contribution in [3.63, 3.8) is 0 Å². The number of rotatable bonds is 4. The summed E-state index contributed by atoms with van der Waals surface area (Å²) in [5.41, 5.74) is -1.99. The Hall–Kier alpha value is -1.45. The minimum Gasteiger partial charge on any atom is -0.452 e. The summed E-state index contributed by atoms with van der Waals surface area (Å²) in [6, 6.07) is 0. The number of ketones is 2. The zero-order chi connectivity index (χ0) is 14.3. The summed E-state index contributed by atoms with van der Waals surface area (Å²) in [5, 5.41) is 0. The number of esters is 1. The molecule has 1 heterocycles. The third-order valence-electron chi connectivity index (χ3n) is 3.02. The molecule has 18 heavy (non-hydrogen) atoms. The summed E-state index contributed by atoms with van der Waals surface area (Å²) in [5.74, 6) is -1.53. The Balaban J connectivity index is 3.09. The number of ether oxygens (including phenoxy) is 1. The summed E-state index contributed by atoms with van der Waals surface area (Å²) in [7, 11) is 0. The molecule has 100 valence electrons. The molecule has 0 atom stereocenters. The maximum Gasteiger partial charge on any atom is 0.342 e. The molecular formula is C14H20O4. The van der Waals surface area contributed by atoms with Gasteiger partial charge in [-0.1, -0.05) is 13.8 Å². The lowest BCUT2D eigenvalue weighted by atomic mass is 9.86. The fourth-order valence-corrected chi connectivity index (χ4v) is 2.06. The van der Waals surface area contributed by atoms with E-state index in [2.05, 4.69) is 0 Å². The molecule has 1 aliphatic heterocycles. The van der Waals surface area contributed by atoms with Gasteiger partial charge in [-0.2, -0.15) is 0 Å². The predicted molar refractivity (Wildman–Crippen MR) is 66.9 cm³/mol. The monoisotopic (exact) mass is 253 g/mol. The highest BCUT2D eigenvalue weighted by Gasteiger charge is 2.44. The molecule has 0 aromatic carbocycles. The van der Waals surface area contributed by atoms with Crippen molar-refractivity contribution in [1.29, 1.82) is 0 Å². The normalized spacial score (nSPS) is 18.6. The number of carbonyl (C=O) groups excluding carboxylic acids is 3. The van der Waals surface area contributed by atoms with E-state index in [0.29, 0.717) is 0 Å². The Bertz CT molecular complexity index is 439. The quantitative estimate of drug-likeness (QED) is 0.333. The SMILES string of the molecule is CC(C)C(=O)C(C)(C)[13C](=O)C1=CC(C)(C)OC1=O. The van der Waals surface area contributed by atoms with Crippen molar-refractivity contribution in [2.75, 3.05) is 0 Å². The van der Waals surface area contributed by atoms with E-state index in [1.807, 2.05) is 0 Å². The molecule has 4 heteroatoms. The molecule has 4 nitrogen and oxygen atoms in total. The van der Waals surface area contributed by atoms with Gasteiger partial charge < -0.3 is 4.74 Å². The van der Waals surface area contributed by atoms with Gasteiger partial charge in [0, 0.05) is 5.92 Å². The molecule has 0 saturated heterocycles. The van der Waals surface area contributed by atoms with Gasteiger partial charge in [-0.15, -0.1) is 0 Å². The largest absolute Gasteiger partial charge is 0.452 e. The average molecular weight is 253 g/mol. The number of hydrogen-bond acceptors (Lipinski definition) is 4. The van der Waals surface area contributed by atoms with Crippen LogP contribution in [0.25, 0.3) is 0 Å². The van der Waals surface area contributed by atoms with Gasteiger partial charge in [-0.25, -0.2) is 4.79 Å². The Labute approximate surface area is 107 Å². The molecule has 0 radical (unpaired) electrons. The molecule has 1 rings (SSSR count). The maximum absolute atomic E-state index is 12.3. The van der Waals surface area contributed by atoms with Crippen LogP contribution >= 0.6 is 0 Å². The van der Waals surface area contributed by atoms with Crippen molar-refractivity contribution in [1.82, 2.24) is 0 Å². The molecule has 0 aromatic heterocycles. The van der Waals surface area contributed by atoms with Crippen LogP contribution in [-0.2, 0) is 19.1 Å². The van der Waals surface area contributed by atoms with Gasteiger partial charge in [0.2, 0.25) is 0 Å². The molecule has 0 fully saturated rings. The van der Waals surface area contributed by atoms with Crippen molar-refractivity contribution in [2.45, 2.75) is 47.1 Å². The van der Waals surface area contributed by atoms with Gasteiger partial charge in [0.05, 0.1) is 5.41 Å². The van der Waals surface area contributed by atoms with Crippen LogP contribution < -0.4 is 0 Å². The fourth-order valence-electron chi connectivity index (χ4n) is 2.06. The highest BCUT2D eigenvalue weighted by molar-refractivity contribution is 6.26. The van der Waals surface area contributed by atoms with Crippen LogP contribution in [0.15, 0.2) is 11.6 Å². The molecule has 0 unspecified atom stereocenters. The first kappa shape index (κ1) is 14.6. The topological polar surface area (TPSA) is 60.4 Å². The lowest BCUT2D eigenvalue weighted by molar-refractivity contribution is -0.146. The number of Topliss-reactive ketones (excluding diaryl/α,β-unsaturated/α-hetero) is 2. The van der Waals surface area contributed by atoms with E-state index in [-0.39, 0.29) is 17.3 Å². The summed E-state index contributed by atoms with van der Waals surface area (Å²) in [6.07, 6.45) is 1.49. The number of carbonyl (C=O) groups is 3. The minimum absolute atomic E-state index is 0.0148. The van der Waals surface area contributed by atoms with Gasteiger partial charge in [-0.3, -0.25) is 9.59 Å². The maximum atomic E-state index is 12.3. The van der Waals surface area contributed by atoms with Gasteiger partial charge in [0.25, 0.3) is 0 Å². The van der Waals surface area contributed by atoms with Gasteiger partial charge >= 0.3 is 5.97 Å². The van der Waals surface area contributed by atoms with E-state index < -0.39 is 22.8 Å². The highest BCUT2D eigenvalue weighted by atomic mass is 16.6. The zero-order valence-electron chi connectivity index (χ0n) is 11.8. The van der Waals surface area contributed by atoms with E-state index in [4.69, 9.17) is 4.74 Å². The second-order valence-corrected chi connectivity index (χ2v) is 6.02. The summed E-state index contributed by atoms with van der Waals surface area (Å²) in [4.78, 5) is 36.0. The van der Waals surface area contributed by atoms with Gasteiger partial charge in [0.15, 0.2) is 5.78 Å². The van der Waals surface area contributed by atoms with Crippen LogP contribution in [0.2, 0.25) is 0 Å². The van der Waals surface area contributed by atoms with Crippen molar-refractivity contribution in [3.8, 4) is 0 Å². The Kier molecular flexibility index (Phi) is 3.52.